The Labute approximate surface area is 229 Å². The Morgan fingerprint density at radius 2 is 1.86 bits per heavy atom. The summed E-state index contributed by atoms with van der Waals surface area (Å²) >= 11 is 7.78. The standard InChI is InChI=1S/C29H35ClN2O3SSi/c1-20-27(32-15-10-13-25(28(32)31-20)34-19-26-23(30)14-16-36-26)24(33)17-22(21-11-8-7-9-12-21)18-35-37(5,6)29(2,3)4/h7-16,22H,17-19H2,1-6H3/t22-/m0/s1. The van der Waals surface area contributed by atoms with Crippen LogP contribution >= 0.6 is 22.9 Å². The largest absolute Gasteiger partial charge is 0.484 e. The van der Waals surface area contributed by atoms with Crippen LogP contribution in [0, 0.1) is 6.92 Å². The van der Waals surface area contributed by atoms with Gasteiger partial charge in [-0.25, -0.2) is 4.98 Å². The van der Waals surface area contributed by atoms with Crippen LogP contribution in [0.5, 0.6) is 5.75 Å². The highest BCUT2D eigenvalue weighted by Crippen LogP contribution is 2.38. The van der Waals surface area contributed by atoms with E-state index in [0.29, 0.717) is 47.4 Å². The average molecular weight is 555 g/mol. The Morgan fingerprint density at radius 1 is 1.14 bits per heavy atom. The predicted molar refractivity (Wildman–Crippen MR) is 155 cm³/mol. The molecule has 3 heterocycles. The molecule has 0 radical (unpaired) electrons. The molecule has 196 valence electrons. The third kappa shape index (κ3) is 6.17. The van der Waals surface area contributed by atoms with Crippen LogP contribution in [0.2, 0.25) is 23.2 Å². The second-order valence-corrected chi connectivity index (χ2v) is 17.1. The summed E-state index contributed by atoms with van der Waals surface area (Å²) in [6.45, 7) is 13.9. The minimum Gasteiger partial charge on any atom is -0.484 e. The van der Waals surface area contributed by atoms with Crippen molar-refractivity contribution in [3.8, 4) is 5.75 Å². The fourth-order valence-electron chi connectivity index (χ4n) is 4.02. The van der Waals surface area contributed by atoms with Crippen molar-refractivity contribution in [2.75, 3.05) is 6.61 Å². The van der Waals surface area contributed by atoms with Crippen molar-refractivity contribution in [1.29, 1.82) is 0 Å². The predicted octanol–water partition coefficient (Wildman–Crippen LogP) is 8.32. The molecule has 1 atom stereocenters. The molecule has 0 fully saturated rings. The van der Waals surface area contributed by atoms with E-state index in [1.54, 1.807) is 11.3 Å². The highest BCUT2D eigenvalue weighted by molar-refractivity contribution is 7.10. The number of carbonyl (C=O) groups excluding carboxylic acids is 1. The second kappa shape index (κ2) is 11.1. The number of ether oxygens (including phenoxy) is 1. The van der Waals surface area contributed by atoms with Gasteiger partial charge in [-0.15, -0.1) is 11.3 Å². The van der Waals surface area contributed by atoms with Crippen LogP contribution in [0.1, 0.15) is 59.7 Å². The van der Waals surface area contributed by atoms with Crippen LogP contribution in [0.25, 0.3) is 5.65 Å². The van der Waals surface area contributed by atoms with E-state index in [4.69, 9.17) is 25.7 Å². The fourth-order valence-corrected chi connectivity index (χ4v) is 6.07. The lowest BCUT2D eigenvalue weighted by Crippen LogP contribution is -2.41. The van der Waals surface area contributed by atoms with Gasteiger partial charge in [-0.2, -0.15) is 0 Å². The Bertz CT molecular complexity index is 1380. The van der Waals surface area contributed by atoms with Gasteiger partial charge in [-0.1, -0.05) is 62.7 Å². The van der Waals surface area contributed by atoms with Gasteiger partial charge in [0.25, 0.3) is 0 Å². The fraction of sp³-hybridized carbons (Fsp3) is 0.379. The smallest absolute Gasteiger partial charge is 0.192 e. The maximum absolute atomic E-state index is 13.8. The van der Waals surface area contributed by atoms with Crippen molar-refractivity contribution < 1.29 is 14.0 Å². The third-order valence-corrected chi connectivity index (χ3v) is 13.1. The monoisotopic (exact) mass is 554 g/mol. The molecule has 0 bridgehead atoms. The molecule has 0 saturated heterocycles. The normalized spacial score (nSPS) is 13.2. The minimum atomic E-state index is -1.97. The van der Waals surface area contributed by atoms with E-state index in [0.717, 1.165) is 10.4 Å². The topological polar surface area (TPSA) is 52.8 Å². The zero-order chi connectivity index (χ0) is 26.8. The van der Waals surface area contributed by atoms with Crippen molar-refractivity contribution >= 4 is 42.7 Å². The molecule has 0 aliphatic heterocycles. The summed E-state index contributed by atoms with van der Waals surface area (Å²) in [6, 6.07) is 15.8. The molecule has 4 aromatic rings. The van der Waals surface area contributed by atoms with Gasteiger partial charge in [0, 0.05) is 25.1 Å². The SMILES string of the molecule is Cc1nc2c(OCc3sccc3Cl)cccn2c1C(=O)C[C@@H](CO[Si](C)(C)C(C)(C)C)c1ccccc1. The second-order valence-electron chi connectivity index (χ2n) is 10.9. The third-order valence-electron chi connectivity index (χ3n) is 7.26. The van der Waals surface area contributed by atoms with E-state index in [2.05, 4.69) is 46.0 Å². The molecule has 0 amide bonds. The number of Topliss-reactive ketones (excluding diaryl/α,β-unsaturated/α-hetero) is 1. The van der Waals surface area contributed by atoms with Crippen molar-refractivity contribution in [2.24, 2.45) is 0 Å². The summed E-state index contributed by atoms with van der Waals surface area (Å²) in [6.07, 6.45) is 2.21. The number of halogens is 1. The van der Waals surface area contributed by atoms with Gasteiger partial charge in [0.2, 0.25) is 0 Å². The van der Waals surface area contributed by atoms with Gasteiger partial charge in [0.15, 0.2) is 25.5 Å². The average Bonchev–Trinajstić information content (AvgIpc) is 3.41. The zero-order valence-electron chi connectivity index (χ0n) is 22.4. The van der Waals surface area contributed by atoms with E-state index >= 15 is 0 Å². The highest BCUT2D eigenvalue weighted by atomic mass is 35.5. The first-order valence-electron chi connectivity index (χ1n) is 12.5. The first kappa shape index (κ1) is 27.6. The summed E-state index contributed by atoms with van der Waals surface area (Å²) in [7, 11) is -1.97. The Hall–Kier alpha value is -2.45. The van der Waals surface area contributed by atoms with Gasteiger partial charge in [-0.05, 0) is 54.2 Å². The van der Waals surface area contributed by atoms with Gasteiger partial charge < -0.3 is 9.16 Å². The number of thiophene rings is 1. The van der Waals surface area contributed by atoms with Crippen LogP contribution in [-0.2, 0) is 11.0 Å². The highest BCUT2D eigenvalue weighted by Gasteiger charge is 2.38. The molecule has 0 unspecified atom stereocenters. The Morgan fingerprint density at radius 3 is 2.51 bits per heavy atom. The van der Waals surface area contributed by atoms with Crippen LogP contribution in [-0.4, -0.2) is 30.1 Å². The molecule has 4 rings (SSSR count). The lowest BCUT2D eigenvalue weighted by atomic mass is 9.93. The number of nitrogens with zero attached hydrogens (tertiary/aromatic N) is 2. The molecule has 0 aliphatic rings. The summed E-state index contributed by atoms with van der Waals surface area (Å²) in [4.78, 5) is 19.5. The van der Waals surface area contributed by atoms with Crippen LogP contribution in [0.15, 0.2) is 60.1 Å². The maximum Gasteiger partial charge on any atom is 0.192 e. The quantitative estimate of drug-likeness (QED) is 0.146. The van der Waals surface area contributed by atoms with Crippen LogP contribution in [0.4, 0.5) is 0 Å². The first-order chi connectivity index (χ1) is 17.5. The Balaban J connectivity index is 1.59. The summed E-state index contributed by atoms with van der Waals surface area (Å²) in [5.74, 6) is 0.610. The van der Waals surface area contributed by atoms with Gasteiger partial charge in [0.05, 0.1) is 15.6 Å². The number of hydrogen-bond acceptors (Lipinski definition) is 5. The number of imidazole rings is 1. The van der Waals surface area contributed by atoms with Crippen molar-refractivity contribution in [2.45, 2.75) is 64.8 Å². The molecule has 5 nitrogen and oxygen atoms in total. The summed E-state index contributed by atoms with van der Waals surface area (Å²) in [5.41, 5.74) is 3.01. The molecule has 3 aromatic heterocycles. The number of hydrogen-bond donors (Lipinski definition) is 0. The van der Waals surface area contributed by atoms with Crippen molar-refractivity contribution in [3.63, 3.8) is 0 Å². The first-order valence-corrected chi connectivity index (χ1v) is 16.7. The zero-order valence-corrected chi connectivity index (χ0v) is 24.9. The molecule has 37 heavy (non-hydrogen) atoms. The molecular weight excluding hydrogens is 520 g/mol. The number of aryl methyl sites for hydroxylation is 1. The molecule has 8 heteroatoms. The van der Waals surface area contributed by atoms with Gasteiger partial charge >= 0.3 is 0 Å². The molecule has 0 aliphatic carbocycles. The molecule has 1 aromatic carbocycles. The molecule has 0 saturated carbocycles. The Kier molecular flexibility index (Phi) is 8.28. The molecule has 0 spiro atoms. The lowest BCUT2D eigenvalue weighted by molar-refractivity contribution is 0.0955. The maximum atomic E-state index is 13.8. The van der Waals surface area contributed by atoms with E-state index in [-0.39, 0.29) is 16.7 Å². The number of pyridine rings is 1. The number of ketones is 1. The van der Waals surface area contributed by atoms with E-state index < -0.39 is 8.32 Å². The summed E-state index contributed by atoms with van der Waals surface area (Å²) < 4.78 is 14.5. The number of benzene rings is 1. The summed E-state index contributed by atoms with van der Waals surface area (Å²) in [5, 5.41) is 2.73. The van der Waals surface area contributed by atoms with Crippen molar-refractivity contribution in [1.82, 2.24) is 9.38 Å². The molecular formula is C29H35ClN2O3SSi. The number of rotatable bonds is 10. The number of aromatic nitrogens is 2. The van der Waals surface area contributed by atoms with Gasteiger partial charge in [0.1, 0.15) is 12.3 Å². The van der Waals surface area contributed by atoms with Gasteiger partial charge in [-0.3, -0.25) is 9.20 Å². The van der Waals surface area contributed by atoms with Crippen molar-refractivity contribution in [3.05, 3.63) is 87.0 Å². The van der Waals surface area contributed by atoms with E-state index in [1.165, 1.54) is 0 Å². The lowest BCUT2D eigenvalue weighted by Gasteiger charge is -2.37. The minimum absolute atomic E-state index is 0.0381. The number of carbonyl (C=O) groups is 1. The van der Waals surface area contributed by atoms with E-state index in [1.807, 2.05) is 59.3 Å². The van der Waals surface area contributed by atoms with Crippen LogP contribution < -0.4 is 4.74 Å². The number of fused-ring (bicyclic) bond motifs is 1. The van der Waals surface area contributed by atoms with Crippen LogP contribution in [0.3, 0.4) is 0 Å². The molecule has 0 N–H and O–H groups in total. The van der Waals surface area contributed by atoms with E-state index in [9.17, 15) is 4.79 Å².